The van der Waals surface area contributed by atoms with Gasteiger partial charge in [0.05, 0.1) is 29.9 Å². The number of sulfonamides is 1. The minimum Gasteiger partial charge on any atom is -0.497 e. The van der Waals surface area contributed by atoms with Crippen molar-refractivity contribution in [2.45, 2.75) is 18.7 Å². The van der Waals surface area contributed by atoms with Crippen LogP contribution in [0.25, 0.3) is 0 Å². The van der Waals surface area contributed by atoms with E-state index >= 15 is 0 Å². The van der Waals surface area contributed by atoms with Gasteiger partial charge in [-0.15, -0.1) is 0 Å². The van der Waals surface area contributed by atoms with Crippen molar-refractivity contribution in [1.82, 2.24) is 0 Å². The maximum atomic E-state index is 13.4. The summed E-state index contributed by atoms with van der Waals surface area (Å²) in [5.74, 6) is -0.641. The molecule has 178 valence electrons. The van der Waals surface area contributed by atoms with Crippen LogP contribution < -0.4 is 14.4 Å². The zero-order valence-electron chi connectivity index (χ0n) is 19.1. The lowest BCUT2D eigenvalue weighted by molar-refractivity contribution is -0.114. The molecule has 8 nitrogen and oxygen atoms in total. The van der Waals surface area contributed by atoms with Crippen molar-refractivity contribution in [3.8, 4) is 5.75 Å². The molecule has 0 aliphatic rings. The van der Waals surface area contributed by atoms with Crippen molar-refractivity contribution in [3.63, 3.8) is 0 Å². The molecule has 3 aromatic rings. The molecular weight excluding hydrogens is 456 g/mol. The summed E-state index contributed by atoms with van der Waals surface area (Å²) >= 11 is 0. The van der Waals surface area contributed by atoms with Crippen LogP contribution in [0.1, 0.15) is 22.8 Å². The Morgan fingerprint density at radius 2 is 1.71 bits per heavy atom. The molecular formula is C25H26N2O6S. The third kappa shape index (κ3) is 5.74. The van der Waals surface area contributed by atoms with E-state index in [-0.39, 0.29) is 22.8 Å². The molecule has 0 saturated carbocycles. The first-order valence-electron chi connectivity index (χ1n) is 10.6. The standard InChI is InChI=1S/C25H26N2O6S/c1-4-33-25(29)19-14-13-18(2)23(15-19)26-24(28)17-27(20-9-8-10-21(16-20)32-3)34(30,31)22-11-6-5-7-12-22/h5-16H,4,17H2,1-3H3,(H,26,28). The molecule has 0 fully saturated rings. The Kier molecular flexibility index (Phi) is 7.91. The third-order valence-corrected chi connectivity index (χ3v) is 6.77. The van der Waals surface area contributed by atoms with Crippen LogP contribution in [0.4, 0.5) is 11.4 Å². The van der Waals surface area contributed by atoms with Crippen molar-refractivity contribution in [2.24, 2.45) is 0 Å². The highest BCUT2D eigenvalue weighted by Crippen LogP contribution is 2.27. The molecule has 1 amide bonds. The number of esters is 1. The van der Waals surface area contributed by atoms with E-state index in [4.69, 9.17) is 9.47 Å². The SMILES string of the molecule is CCOC(=O)c1ccc(C)c(NC(=O)CN(c2cccc(OC)c2)S(=O)(=O)c2ccccc2)c1. The zero-order valence-corrected chi connectivity index (χ0v) is 20.0. The molecule has 0 atom stereocenters. The molecule has 0 radical (unpaired) electrons. The summed E-state index contributed by atoms with van der Waals surface area (Å²) in [6, 6.07) is 19.1. The van der Waals surface area contributed by atoms with Crippen LogP contribution in [0.3, 0.4) is 0 Å². The molecule has 0 bridgehead atoms. The Balaban J connectivity index is 1.93. The van der Waals surface area contributed by atoms with E-state index in [1.165, 1.54) is 25.3 Å². The Morgan fingerprint density at radius 3 is 2.38 bits per heavy atom. The van der Waals surface area contributed by atoms with Gasteiger partial charge >= 0.3 is 5.97 Å². The van der Waals surface area contributed by atoms with E-state index in [1.807, 2.05) is 0 Å². The van der Waals surface area contributed by atoms with Crippen LogP contribution in [0.15, 0.2) is 77.7 Å². The van der Waals surface area contributed by atoms with Crippen LogP contribution in [-0.2, 0) is 19.6 Å². The smallest absolute Gasteiger partial charge is 0.338 e. The zero-order chi connectivity index (χ0) is 24.7. The molecule has 3 rings (SSSR count). The van der Waals surface area contributed by atoms with Crippen molar-refractivity contribution in [3.05, 3.63) is 83.9 Å². The monoisotopic (exact) mass is 482 g/mol. The number of methoxy groups -OCH3 is 1. The second kappa shape index (κ2) is 10.8. The number of hydrogen-bond donors (Lipinski definition) is 1. The van der Waals surface area contributed by atoms with Gasteiger partial charge in [-0.1, -0.05) is 30.3 Å². The van der Waals surface area contributed by atoms with Gasteiger partial charge in [0.15, 0.2) is 0 Å². The summed E-state index contributed by atoms with van der Waals surface area (Å²) in [4.78, 5) is 25.1. The second-order valence-corrected chi connectivity index (χ2v) is 9.19. The first kappa shape index (κ1) is 24.8. The Hall–Kier alpha value is -3.85. The van der Waals surface area contributed by atoms with Gasteiger partial charge in [-0.05, 0) is 55.8 Å². The Labute approximate surface area is 199 Å². The predicted octanol–water partition coefficient (Wildman–Crippen LogP) is 4.01. The van der Waals surface area contributed by atoms with E-state index in [2.05, 4.69) is 5.32 Å². The van der Waals surface area contributed by atoms with Gasteiger partial charge in [-0.2, -0.15) is 0 Å². The summed E-state index contributed by atoms with van der Waals surface area (Å²) in [6.07, 6.45) is 0. The van der Waals surface area contributed by atoms with Crippen molar-refractivity contribution >= 4 is 33.3 Å². The number of aryl methyl sites for hydroxylation is 1. The molecule has 0 unspecified atom stereocenters. The number of anilines is 2. The van der Waals surface area contributed by atoms with E-state index < -0.39 is 28.4 Å². The van der Waals surface area contributed by atoms with E-state index in [0.717, 1.165) is 4.31 Å². The summed E-state index contributed by atoms with van der Waals surface area (Å²) < 4.78 is 38.2. The van der Waals surface area contributed by atoms with Gasteiger partial charge < -0.3 is 14.8 Å². The number of hydrogen-bond acceptors (Lipinski definition) is 6. The fourth-order valence-electron chi connectivity index (χ4n) is 3.22. The quantitative estimate of drug-likeness (QED) is 0.462. The van der Waals surface area contributed by atoms with Crippen LogP contribution in [0, 0.1) is 6.92 Å². The summed E-state index contributed by atoms with van der Waals surface area (Å²) in [5.41, 5.74) is 1.65. The molecule has 0 spiro atoms. The second-order valence-electron chi connectivity index (χ2n) is 7.32. The van der Waals surface area contributed by atoms with Crippen molar-refractivity contribution < 1.29 is 27.5 Å². The molecule has 0 heterocycles. The Bertz CT molecular complexity index is 1280. The molecule has 0 aliphatic carbocycles. The maximum Gasteiger partial charge on any atom is 0.338 e. The fourth-order valence-corrected chi connectivity index (χ4v) is 4.65. The summed E-state index contributed by atoms with van der Waals surface area (Å²) in [7, 11) is -2.59. The van der Waals surface area contributed by atoms with Crippen molar-refractivity contribution in [2.75, 3.05) is 29.9 Å². The molecule has 9 heteroatoms. The predicted molar refractivity (Wildman–Crippen MR) is 130 cm³/mol. The third-order valence-electron chi connectivity index (χ3n) is 4.98. The number of nitrogens with one attached hydrogen (secondary N) is 1. The van der Waals surface area contributed by atoms with Crippen LogP contribution in [-0.4, -0.2) is 40.6 Å². The molecule has 3 aromatic carbocycles. The lowest BCUT2D eigenvalue weighted by Gasteiger charge is -2.24. The molecule has 34 heavy (non-hydrogen) atoms. The van der Waals surface area contributed by atoms with Crippen LogP contribution >= 0.6 is 0 Å². The average Bonchev–Trinajstić information content (AvgIpc) is 2.84. The summed E-state index contributed by atoms with van der Waals surface area (Å²) in [5, 5.41) is 2.72. The minimum absolute atomic E-state index is 0.0473. The molecule has 1 N–H and O–H groups in total. The van der Waals surface area contributed by atoms with E-state index in [0.29, 0.717) is 17.0 Å². The fraction of sp³-hybridized carbons (Fsp3) is 0.200. The number of benzene rings is 3. The molecule has 0 aromatic heterocycles. The summed E-state index contributed by atoms with van der Waals surface area (Å²) in [6.45, 7) is 3.20. The largest absolute Gasteiger partial charge is 0.497 e. The number of nitrogens with zero attached hydrogens (tertiary/aromatic N) is 1. The van der Waals surface area contributed by atoms with Crippen molar-refractivity contribution in [1.29, 1.82) is 0 Å². The van der Waals surface area contributed by atoms with Gasteiger partial charge in [0, 0.05) is 11.8 Å². The van der Waals surface area contributed by atoms with Gasteiger partial charge in [0.1, 0.15) is 12.3 Å². The lowest BCUT2D eigenvalue weighted by atomic mass is 10.1. The first-order valence-corrected chi connectivity index (χ1v) is 12.0. The number of rotatable bonds is 9. The van der Waals surface area contributed by atoms with Crippen LogP contribution in [0.2, 0.25) is 0 Å². The number of carbonyl (C=O) groups excluding carboxylic acids is 2. The first-order chi connectivity index (χ1) is 16.3. The number of ether oxygens (including phenoxy) is 2. The van der Waals surface area contributed by atoms with Crippen LogP contribution in [0.5, 0.6) is 5.75 Å². The Morgan fingerprint density at radius 1 is 0.971 bits per heavy atom. The van der Waals surface area contributed by atoms with E-state index in [1.54, 1.807) is 68.4 Å². The van der Waals surface area contributed by atoms with E-state index in [9.17, 15) is 18.0 Å². The number of amides is 1. The number of carbonyl (C=O) groups is 2. The normalized spacial score (nSPS) is 10.9. The lowest BCUT2D eigenvalue weighted by Crippen LogP contribution is -2.38. The van der Waals surface area contributed by atoms with Gasteiger partial charge in [0.2, 0.25) is 5.91 Å². The minimum atomic E-state index is -4.06. The van der Waals surface area contributed by atoms with Gasteiger partial charge in [-0.25, -0.2) is 13.2 Å². The van der Waals surface area contributed by atoms with Gasteiger partial charge in [0.25, 0.3) is 10.0 Å². The average molecular weight is 483 g/mol. The van der Waals surface area contributed by atoms with Gasteiger partial charge in [-0.3, -0.25) is 9.10 Å². The maximum absolute atomic E-state index is 13.4. The highest BCUT2D eigenvalue weighted by atomic mass is 32.2. The highest BCUT2D eigenvalue weighted by Gasteiger charge is 2.27. The molecule has 0 saturated heterocycles. The topological polar surface area (TPSA) is 102 Å². The molecule has 0 aliphatic heterocycles. The highest BCUT2D eigenvalue weighted by molar-refractivity contribution is 7.92.